The van der Waals surface area contributed by atoms with Gasteiger partial charge in [-0.2, -0.15) is 0 Å². The van der Waals surface area contributed by atoms with Gasteiger partial charge in [0.05, 0.1) is 6.61 Å². The Hall–Kier alpha value is -1.82. The summed E-state index contributed by atoms with van der Waals surface area (Å²) >= 11 is 0. The first kappa shape index (κ1) is 23.2. The van der Waals surface area contributed by atoms with E-state index >= 15 is 0 Å². The molecule has 1 rings (SSSR count). The normalized spacial score (nSPS) is 12.9. The van der Waals surface area contributed by atoms with Gasteiger partial charge in [0, 0.05) is 26.2 Å². The number of unbranched alkanes of at least 4 members (excludes halogenated alkanes) is 1. The number of rotatable bonds is 13. The minimum atomic E-state index is -0.253. The van der Waals surface area contributed by atoms with Gasteiger partial charge in [-0.3, -0.25) is 4.99 Å². The lowest BCUT2D eigenvalue weighted by molar-refractivity contribution is 0.245. The fourth-order valence-corrected chi connectivity index (χ4v) is 2.85. The molecule has 0 heterocycles. The fourth-order valence-electron chi connectivity index (χ4n) is 2.85. The molecule has 0 aromatic heterocycles. The Kier molecular flexibility index (Phi) is 12.3. The Morgan fingerprint density at radius 2 is 1.93 bits per heavy atom. The van der Waals surface area contributed by atoms with Gasteiger partial charge in [0.2, 0.25) is 0 Å². The van der Waals surface area contributed by atoms with E-state index in [-0.39, 0.29) is 12.4 Å². The van der Waals surface area contributed by atoms with Crippen molar-refractivity contribution in [2.45, 2.75) is 46.5 Å². The van der Waals surface area contributed by atoms with Crippen LogP contribution in [0.3, 0.4) is 0 Å². The van der Waals surface area contributed by atoms with Crippen LogP contribution in [-0.2, 0) is 0 Å². The average Bonchev–Trinajstić information content (AvgIpc) is 2.63. The van der Waals surface area contributed by atoms with Gasteiger partial charge in [0.25, 0.3) is 0 Å². The maximum atomic E-state index is 12.8. The average molecular weight is 382 g/mol. The van der Waals surface area contributed by atoms with Crippen LogP contribution in [0, 0.1) is 17.7 Å². The Morgan fingerprint density at radius 3 is 2.56 bits per heavy atom. The van der Waals surface area contributed by atoms with Gasteiger partial charge < -0.3 is 20.5 Å². The molecule has 0 aliphatic carbocycles. The van der Waals surface area contributed by atoms with Crippen LogP contribution in [0.2, 0.25) is 0 Å². The predicted octanol–water partition coefficient (Wildman–Crippen LogP) is 3.58. The number of aliphatic hydroxyl groups is 1. The van der Waals surface area contributed by atoms with Crippen LogP contribution in [0.5, 0.6) is 5.75 Å². The van der Waals surface area contributed by atoms with Crippen molar-refractivity contribution in [1.29, 1.82) is 0 Å². The molecule has 1 aromatic carbocycles. The molecule has 0 saturated heterocycles. The molecule has 0 bridgehead atoms. The van der Waals surface area contributed by atoms with Crippen LogP contribution in [0.4, 0.5) is 4.39 Å². The molecule has 154 valence electrons. The SMILES string of the molecule is CCNC(=NCC(CCO)CC(C)C)NCCCCOc1ccc(F)cc1. The molecule has 0 amide bonds. The number of ether oxygens (including phenoxy) is 1. The molecule has 0 fully saturated rings. The van der Waals surface area contributed by atoms with Gasteiger partial charge in [-0.25, -0.2) is 4.39 Å². The summed E-state index contributed by atoms with van der Waals surface area (Å²) in [6.07, 6.45) is 3.73. The summed E-state index contributed by atoms with van der Waals surface area (Å²) in [7, 11) is 0. The molecule has 27 heavy (non-hydrogen) atoms. The first-order chi connectivity index (χ1) is 13.0. The minimum Gasteiger partial charge on any atom is -0.494 e. The van der Waals surface area contributed by atoms with Crippen molar-refractivity contribution in [2.75, 3.05) is 32.8 Å². The smallest absolute Gasteiger partial charge is 0.191 e. The third kappa shape index (κ3) is 11.5. The Labute approximate surface area is 163 Å². The first-order valence-electron chi connectivity index (χ1n) is 10.1. The maximum Gasteiger partial charge on any atom is 0.191 e. The molecule has 6 heteroatoms. The Morgan fingerprint density at radius 1 is 1.19 bits per heavy atom. The van der Waals surface area contributed by atoms with E-state index in [4.69, 9.17) is 4.74 Å². The van der Waals surface area contributed by atoms with Crippen molar-refractivity contribution in [3.8, 4) is 5.75 Å². The summed E-state index contributed by atoms with van der Waals surface area (Å²) in [5.74, 6) is 2.28. The highest BCUT2D eigenvalue weighted by molar-refractivity contribution is 5.79. The number of nitrogens with zero attached hydrogens (tertiary/aromatic N) is 1. The zero-order valence-electron chi connectivity index (χ0n) is 17.0. The van der Waals surface area contributed by atoms with Crippen LogP contribution < -0.4 is 15.4 Å². The zero-order valence-corrected chi connectivity index (χ0v) is 17.0. The molecule has 0 saturated carbocycles. The molecule has 1 unspecified atom stereocenters. The number of halogens is 1. The molecule has 0 aliphatic heterocycles. The zero-order chi connectivity index (χ0) is 19.9. The maximum absolute atomic E-state index is 12.8. The lowest BCUT2D eigenvalue weighted by Gasteiger charge is -2.17. The van der Waals surface area contributed by atoms with E-state index in [9.17, 15) is 9.50 Å². The molecule has 0 spiro atoms. The van der Waals surface area contributed by atoms with Gasteiger partial charge >= 0.3 is 0 Å². The van der Waals surface area contributed by atoms with Gasteiger partial charge in [-0.15, -0.1) is 0 Å². The number of aliphatic imine (C=N–C) groups is 1. The minimum absolute atomic E-state index is 0.213. The number of aliphatic hydroxyl groups excluding tert-OH is 1. The van der Waals surface area contributed by atoms with Crippen molar-refractivity contribution < 1.29 is 14.2 Å². The third-order valence-electron chi connectivity index (χ3n) is 4.14. The second-order valence-corrected chi connectivity index (χ2v) is 7.16. The second-order valence-electron chi connectivity index (χ2n) is 7.16. The highest BCUT2D eigenvalue weighted by atomic mass is 19.1. The summed E-state index contributed by atoms with van der Waals surface area (Å²) < 4.78 is 18.4. The lowest BCUT2D eigenvalue weighted by atomic mass is 9.94. The molecule has 1 aromatic rings. The summed E-state index contributed by atoms with van der Waals surface area (Å²) in [4.78, 5) is 4.68. The third-order valence-corrected chi connectivity index (χ3v) is 4.14. The Balaban J connectivity index is 2.28. The number of benzene rings is 1. The van der Waals surface area contributed by atoms with E-state index in [2.05, 4.69) is 29.5 Å². The van der Waals surface area contributed by atoms with Crippen LogP contribution in [-0.4, -0.2) is 43.9 Å². The molecular weight excluding hydrogens is 345 g/mol. The van der Waals surface area contributed by atoms with E-state index in [1.54, 1.807) is 12.1 Å². The predicted molar refractivity (Wildman–Crippen MR) is 110 cm³/mol. The highest BCUT2D eigenvalue weighted by Crippen LogP contribution is 2.15. The summed E-state index contributed by atoms with van der Waals surface area (Å²) in [6.45, 7) is 9.62. The molecule has 0 radical (unpaired) electrons. The van der Waals surface area contributed by atoms with Gasteiger partial charge in [-0.05, 0) is 68.7 Å². The quantitative estimate of drug-likeness (QED) is 0.278. The summed E-state index contributed by atoms with van der Waals surface area (Å²) in [5.41, 5.74) is 0. The van der Waals surface area contributed by atoms with Crippen molar-refractivity contribution in [2.24, 2.45) is 16.8 Å². The molecule has 1 atom stereocenters. The van der Waals surface area contributed by atoms with Gasteiger partial charge in [0.15, 0.2) is 5.96 Å². The van der Waals surface area contributed by atoms with Crippen molar-refractivity contribution in [3.05, 3.63) is 30.1 Å². The number of hydrogen-bond acceptors (Lipinski definition) is 3. The van der Waals surface area contributed by atoms with E-state index in [0.717, 1.165) is 51.3 Å². The van der Waals surface area contributed by atoms with E-state index in [0.29, 0.717) is 24.2 Å². The van der Waals surface area contributed by atoms with Crippen molar-refractivity contribution in [1.82, 2.24) is 10.6 Å². The number of guanidine groups is 1. The molecular formula is C21H36FN3O2. The van der Waals surface area contributed by atoms with Gasteiger partial charge in [0.1, 0.15) is 11.6 Å². The summed E-state index contributed by atoms with van der Waals surface area (Å²) in [6, 6.07) is 6.09. The fraction of sp³-hybridized carbons (Fsp3) is 0.667. The second kappa shape index (κ2) is 14.3. The van der Waals surface area contributed by atoms with Crippen LogP contribution in [0.1, 0.15) is 46.5 Å². The van der Waals surface area contributed by atoms with E-state index < -0.39 is 0 Å². The summed E-state index contributed by atoms with van der Waals surface area (Å²) in [5, 5.41) is 15.8. The lowest BCUT2D eigenvalue weighted by Crippen LogP contribution is -2.38. The Bertz CT molecular complexity index is 521. The number of hydrogen-bond donors (Lipinski definition) is 3. The molecule has 3 N–H and O–H groups in total. The monoisotopic (exact) mass is 381 g/mol. The van der Waals surface area contributed by atoms with E-state index in [1.807, 2.05) is 6.92 Å². The highest BCUT2D eigenvalue weighted by Gasteiger charge is 2.10. The molecule has 5 nitrogen and oxygen atoms in total. The van der Waals surface area contributed by atoms with Crippen LogP contribution in [0.25, 0.3) is 0 Å². The standard InChI is InChI=1S/C21H36FN3O2/c1-4-23-21(25-16-18(11-13-26)15-17(2)3)24-12-5-6-14-27-20-9-7-19(22)8-10-20/h7-10,17-18,26H,4-6,11-16H2,1-3H3,(H2,23,24,25). The van der Waals surface area contributed by atoms with Crippen molar-refractivity contribution in [3.63, 3.8) is 0 Å². The first-order valence-corrected chi connectivity index (χ1v) is 10.1. The van der Waals surface area contributed by atoms with Crippen LogP contribution in [0.15, 0.2) is 29.3 Å². The number of nitrogens with one attached hydrogen (secondary N) is 2. The van der Waals surface area contributed by atoms with Crippen LogP contribution >= 0.6 is 0 Å². The molecule has 0 aliphatic rings. The topological polar surface area (TPSA) is 65.9 Å². The largest absolute Gasteiger partial charge is 0.494 e. The van der Waals surface area contributed by atoms with E-state index in [1.165, 1.54) is 12.1 Å². The van der Waals surface area contributed by atoms with Gasteiger partial charge in [-0.1, -0.05) is 13.8 Å². The van der Waals surface area contributed by atoms with Crippen molar-refractivity contribution >= 4 is 5.96 Å².